The number of aliphatic imine (C=N–C) groups is 1. The average Bonchev–Trinajstić information content (AvgIpc) is 2.95. The molecule has 0 unspecified atom stereocenters. The number of nitrogens with two attached hydrogens (primary N) is 1. The summed E-state index contributed by atoms with van der Waals surface area (Å²) >= 11 is 0. The quantitative estimate of drug-likeness (QED) is 0.683. The van der Waals surface area contributed by atoms with Gasteiger partial charge in [-0.15, -0.1) is 0 Å². The minimum absolute atomic E-state index is 0.317. The summed E-state index contributed by atoms with van der Waals surface area (Å²) in [5, 5.41) is 0. The molecule has 0 saturated carbocycles. The summed E-state index contributed by atoms with van der Waals surface area (Å²) in [5.74, 6) is 3.14. The monoisotopic (exact) mass is 289 g/mol. The molecule has 2 aliphatic heterocycles. The third-order valence-corrected chi connectivity index (χ3v) is 4.22. The standard InChI is InChI=1S/C16H23N3O2/c1-12-5-8-19(9-6-12)16(17)18-7-4-13-2-3-14-15(10-13)21-11-20-14/h2-3,10,12H,4-9,11H2,1H3,(H2,17,18). The highest BCUT2D eigenvalue weighted by Gasteiger charge is 2.17. The second kappa shape index (κ2) is 6.24. The maximum Gasteiger partial charge on any atom is 0.231 e. The smallest absolute Gasteiger partial charge is 0.231 e. The van der Waals surface area contributed by atoms with Gasteiger partial charge in [0, 0.05) is 19.6 Å². The van der Waals surface area contributed by atoms with Crippen molar-refractivity contribution in [3.63, 3.8) is 0 Å². The van der Waals surface area contributed by atoms with E-state index in [0.29, 0.717) is 19.3 Å². The van der Waals surface area contributed by atoms with Crippen molar-refractivity contribution in [3.8, 4) is 11.5 Å². The summed E-state index contributed by atoms with van der Waals surface area (Å²) in [6.07, 6.45) is 3.28. The molecule has 1 saturated heterocycles. The highest BCUT2D eigenvalue weighted by Crippen LogP contribution is 2.32. The van der Waals surface area contributed by atoms with Crippen LogP contribution in [-0.4, -0.2) is 37.3 Å². The van der Waals surface area contributed by atoms with Crippen LogP contribution in [0.1, 0.15) is 25.3 Å². The molecule has 5 heteroatoms. The Morgan fingerprint density at radius 1 is 1.29 bits per heavy atom. The topological polar surface area (TPSA) is 60.1 Å². The SMILES string of the molecule is CC1CCN(C(N)=NCCc2ccc3c(c2)OCO3)CC1. The minimum atomic E-state index is 0.317. The third-order valence-electron chi connectivity index (χ3n) is 4.22. The van der Waals surface area contributed by atoms with Gasteiger partial charge < -0.3 is 20.1 Å². The zero-order valence-electron chi connectivity index (χ0n) is 12.5. The molecule has 1 aromatic rings. The fourth-order valence-electron chi connectivity index (χ4n) is 2.73. The number of rotatable bonds is 3. The third kappa shape index (κ3) is 3.40. The van der Waals surface area contributed by atoms with E-state index in [1.54, 1.807) is 0 Å². The van der Waals surface area contributed by atoms with E-state index in [4.69, 9.17) is 15.2 Å². The molecule has 0 amide bonds. The van der Waals surface area contributed by atoms with Crippen LogP contribution in [0.5, 0.6) is 11.5 Å². The molecule has 114 valence electrons. The van der Waals surface area contributed by atoms with Crippen molar-refractivity contribution in [2.45, 2.75) is 26.2 Å². The Labute approximate surface area is 125 Å². The van der Waals surface area contributed by atoms with E-state index in [2.05, 4.69) is 22.9 Å². The van der Waals surface area contributed by atoms with E-state index in [1.165, 1.54) is 18.4 Å². The van der Waals surface area contributed by atoms with Crippen LogP contribution >= 0.6 is 0 Å². The molecule has 0 bridgehead atoms. The molecule has 0 spiro atoms. The minimum Gasteiger partial charge on any atom is -0.454 e. The molecule has 1 fully saturated rings. The van der Waals surface area contributed by atoms with Crippen LogP contribution in [0.2, 0.25) is 0 Å². The molecule has 2 heterocycles. The van der Waals surface area contributed by atoms with Crippen LogP contribution < -0.4 is 15.2 Å². The summed E-state index contributed by atoms with van der Waals surface area (Å²) in [4.78, 5) is 6.70. The number of ether oxygens (including phenoxy) is 2. The van der Waals surface area contributed by atoms with Crippen LogP contribution in [0.15, 0.2) is 23.2 Å². The van der Waals surface area contributed by atoms with E-state index < -0.39 is 0 Å². The van der Waals surface area contributed by atoms with Gasteiger partial charge in [-0.3, -0.25) is 4.99 Å². The fourth-order valence-corrected chi connectivity index (χ4v) is 2.73. The first-order valence-electron chi connectivity index (χ1n) is 7.66. The number of guanidine groups is 1. The maximum absolute atomic E-state index is 6.08. The van der Waals surface area contributed by atoms with E-state index >= 15 is 0 Å². The first-order valence-corrected chi connectivity index (χ1v) is 7.66. The molecule has 0 aromatic heterocycles. The van der Waals surface area contributed by atoms with Gasteiger partial charge in [0.25, 0.3) is 0 Å². The summed E-state index contributed by atoms with van der Waals surface area (Å²) in [7, 11) is 0. The summed E-state index contributed by atoms with van der Waals surface area (Å²) in [6.45, 7) is 5.38. The molecule has 2 N–H and O–H groups in total. The van der Waals surface area contributed by atoms with E-state index in [0.717, 1.165) is 36.9 Å². The van der Waals surface area contributed by atoms with Gasteiger partial charge in [0.15, 0.2) is 17.5 Å². The number of hydrogen-bond donors (Lipinski definition) is 1. The fraction of sp³-hybridized carbons (Fsp3) is 0.562. The number of nitrogens with zero attached hydrogens (tertiary/aromatic N) is 2. The predicted octanol–water partition coefficient (Wildman–Crippen LogP) is 2.00. The molecule has 0 radical (unpaired) electrons. The highest BCUT2D eigenvalue weighted by molar-refractivity contribution is 5.78. The molecule has 2 aliphatic rings. The van der Waals surface area contributed by atoms with Crippen LogP contribution in [-0.2, 0) is 6.42 Å². The van der Waals surface area contributed by atoms with Crippen molar-refractivity contribution in [2.24, 2.45) is 16.6 Å². The zero-order chi connectivity index (χ0) is 14.7. The first-order chi connectivity index (χ1) is 10.2. The lowest BCUT2D eigenvalue weighted by Crippen LogP contribution is -2.42. The van der Waals surface area contributed by atoms with Gasteiger partial charge in [-0.2, -0.15) is 0 Å². The lowest BCUT2D eigenvalue weighted by molar-refractivity contribution is 0.174. The normalized spacial score (nSPS) is 19.1. The maximum atomic E-state index is 6.08. The van der Waals surface area contributed by atoms with Crippen molar-refractivity contribution in [3.05, 3.63) is 23.8 Å². The summed E-state index contributed by atoms with van der Waals surface area (Å²) in [6, 6.07) is 6.04. The van der Waals surface area contributed by atoms with Gasteiger partial charge in [0.1, 0.15) is 0 Å². The van der Waals surface area contributed by atoms with Crippen LogP contribution in [0, 0.1) is 5.92 Å². The predicted molar refractivity (Wildman–Crippen MR) is 82.7 cm³/mol. The Kier molecular flexibility index (Phi) is 4.18. The average molecular weight is 289 g/mol. The van der Waals surface area contributed by atoms with E-state index in [-0.39, 0.29) is 0 Å². The van der Waals surface area contributed by atoms with Crippen LogP contribution in [0.3, 0.4) is 0 Å². The zero-order valence-corrected chi connectivity index (χ0v) is 12.5. The van der Waals surface area contributed by atoms with Crippen LogP contribution in [0.25, 0.3) is 0 Å². The number of likely N-dealkylation sites (tertiary alicyclic amines) is 1. The van der Waals surface area contributed by atoms with Crippen molar-refractivity contribution in [1.82, 2.24) is 4.90 Å². The molecule has 3 rings (SSSR count). The number of benzene rings is 1. The Hall–Kier alpha value is -1.91. The Bertz CT molecular complexity index is 522. The van der Waals surface area contributed by atoms with Crippen molar-refractivity contribution < 1.29 is 9.47 Å². The lowest BCUT2D eigenvalue weighted by atomic mass is 10.00. The van der Waals surface area contributed by atoms with Gasteiger partial charge in [-0.1, -0.05) is 13.0 Å². The summed E-state index contributed by atoms with van der Waals surface area (Å²) in [5.41, 5.74) is 7.28. The molecule has 5 nitrogen and oxygen atoms in total. The lowest BCUT2D eigenvalue weighted by Gasteiger charge is -2.31. The molecule has 0 aliphatic carbocycles. The Morgan fingerprint density at radius 2 is 2.05 bits per heavy atom. The highest BCUT2D eigenvalue weighted by atomic mass is 16.7. The van der Waals surface area contributed by atoms with Gasteiger partial charge >= 0.3 is 0 Å². The molecule has 21 heavy (non-hydrogen) atoms. The Balaban J connectivity index is 1.52. The molecular weight excluding hydrogens is 266 g/mol. The van der Waals surface area contributed by atoms with E-state index in [9.17, 15) is 0 Å². The van der Waals surface area contributed by atoms with E-state index in [1.807, 2.05) is 12.1 Å². The summed E-state index contributed by atoms with van der Waals surface area (Å²) < 4.78 is 10.7. The second-order valence-electron chi connectivity index (χ2n) is 5.85. The van der Waals surface area contributed by atoms with Crippen molar-refractivity contribution in [1.29, 1.82) is 0 Å². The molecule has 1 aromatic carbocycles. The van der Waals surface area contributed by atoms with Gasteiger partial charge in [0.2, 0.25) is 6.79 Å². The van der Waals surface area contributed by atoms with Crippen LogP contribution in [0.4, 0.5) is 0 Å². The number of piperidine rings is 1. The van der Waals surface area contributed by atoms with Crippen molar-refractivity contribution in [2.75, 3.05) is 26.4 Å². The van der Waals surface area contributed by atoms with Gasteiger partial charge in [0.05, 0.1) is 0 Å². The first kappa shape index (κ1) is 14.0. The Morgan fingerprint density at radius 3 is 2.86 bits per heavy atom. The van der Waals surface area contributed by atoms with Gasteiger partial charge in [-0.05, 0) is 42.9 Å². The molecular formula is C16H23N3O2. The molecule has 0 atom stereocenters. The second-order valence-corrected chi connectivity index (χ2v) is 5.85. The van der Waals surface area contributed by atoms with Crippen molar-refractivity contribution >= 4 is 5.96 Å². The largest absolute Gasteiger partial charge is 0.454 e. The van der Waals surface area contributed by atoms with Gasteiger partial charge in [-0.25, -0.2) is 0 Å². The number of hydrogen-bond acceptors (Lipinski definition) is 3. The number of fused-ring (bicyclic) bond motifs is 1.